The van der Waals surface area contributed by atoms with Gasteiger partial charge in [0, 0.05) is 0 Å². The highest BCUT2D eigenvalue weighted by atomic mass is 28.3. The number of carboxylic acid groups (broad SMARTS) is 1. The van der Waals surface area contributed by atoms with Gasteiger partial charge in [-0.2, -0.15) is 0 Å². The van der Waals surface area contributed by atoms with Crippen LogP contribution in [0.4, 0.5) is 0 Å². The summed E-state index contributed by atoms with van der Waals surface area (Å²) in [5.41, 5.74) is 1.19. The molecule has 0 saturated heterocycles. The zero-order valence-electron chi connectivity index (χ0n) is 12.8. The summed E-state index contributed by atoms with van der Waals surface area (Å²) in [4.78, 5) is 11.6. The highest BCUT2D eigenvalue weighted by molar-refractivity contribution is 6.91. The Kier molecular flexibility index (Phi) is 4.63. The number of hydrogen-bond donors (Lipinski definition) is 1. The van der Waals surface area contributed by atoms with E-state index in [1.54, 1.807) is 0 Å². The molecule has 2 nitrogen and oxygen atoms in total. The van der Waals surface area contributed by atoms with Gasteiger partial charge >= 0.3 is 5.97 Å². The van der Waals surface area contributed by atoms with E-state index < -0.39 is 20.0 Å². The molecular weight excluding hydrogens is 276 g/mol. The molecule has 2 rings (SSSR count). The third-order valence-electron chi connectivity index (χ3n) is 4.34. The van der Waals surface area contributed by atoms with E-state index >= 15 is 0 Å². The highest BCUT2D eigenvalue weighted by Crippen LogP contribution is 2.34. The predicted molar refractivity (Wildman–Crippen MR) is 89.5 cm³/mol. The maximum absolute atomic E-state index is 11.6. The van der Waals surface area contributed by atoms with Crippen LogP contribution in [0.15, 0.2) is 60.7 Å². The van der Waals surface area contributed by atoms with Crippen LogP contribution >= 0.6 is 0 Å². The number of benzene rings is 2. The zero-order chi connectivity index (χ0) is 15.5. The second-order valence-corrected chi connectivity index (χ2v) is 10.7. The summed E-state index contributed by atoms with van der Waals surface area (Å²) < 4.78 is 0. The molecule has 2 aromatic rings. The fraction of sp³-hybridized carbons (Fsp3) is 0.278. The smallest absolute Gasteiger partial charge is 0.306 e. The Balaban J connectivity index is 2.52. The number of carboxylic acids is 1. The molecule has 0 saturated carbocycles. The summed E-state index contributed by atoms with van der Waals surface area (Å²) in [6.45, 7) is 6.36. The fourth-order valence-electron chi connectivity index (χ4n) is 3.18. The van der Waals surface area contributed by atoms with Crippen molar-refractivity contribution in [3.8, 4) is 0 Å². The normalized spacial score (nSPS) is 14.4. The van der Waals surface area contributed by atoms with Crippen molar-refractivity contribution in [3.05, 3.63) is 66.2 Å². The summed E-state index contributed by atoms with van der Waals surface area (Å²) in [6, 6.07) is 20.4. The fourth-order valence-corrected chi connectivity index (χ4v) is 7.01. The second-order valence-electron chi connectivity index (χ2n) is 6.10. The summed E-state index contributed by atoms with van der Waals surface area (Å²) >= 11 is 0. The van der Waals surface area contributed by atoms with Crippen molar-refractivity contribution in [3.63, 3.8) is 0 Å². The Morgan fingerprint density at radius 1 is 0.952 bits per heavy atom. The van der Waals surface area contributed by atoms with Crippen molar-refractivity contribution >= 4 is 19.2 Å². The van der Waals surface area contributed by atoms with Gasteiger partial charge in [0.25, 0.3) is 0 Å². The van der Waals surface area contributed by atoms with Crippen molar-refractivity contribution in [2.75, 3.05) is 0 Å². The van der Waals surface area contributed by atoms with E-state index in [0.717, 1.165) is 5.56 Å². The molecule has 0 bridgehead atoms. The first kappa shape index (κ1) is 15.5. The lowest BCUT2D eigenvalue weighted by atomic mass is 10.0. The lowest BCUT2D eigenvalue weighted by molar-refractivity contribution is -0.141. The minimum Gasteiger partial charge on any atom is -0.481 e. The molecule has 0 heterocycles. The van der Waals surface area contributed by atoms with Crippen LogP contribution in [0.1, 0.15) is 18.0 Å². The Bertz CT molecular complexity index is 593. The van der Waals surface area contributed by atoms with E-state index in [9.17, 15) is 9.90 Å². The SMILES string of the molecule is C[C@@H](C(=O)O)[C@@H](c1ccccc1)[Si](C)(C)c1ccccc1. The molecule has 0 aliphatic heterocycles. The number of rotatable bonds is 5. The third kappa shape index (κ3) is 3.24. The molecule has 1 N–H and O–H groups in total. The summed E-state index contributed by atoms with van der Waals surface area (Å²) in [5, 5.41) is 10.8. The molecule has 3 heteroatoms. The molecule has 21 heavy (non-hydrogen) atoms. The van der Waals surface area contributed by atoms with Crippen molar-refractivity contribution in [1.82, 2.24) is 0 Å². The molecule has 0 radical (unpaired) electrons. The predicted octanol–water partition coefficient (Wildman–Crippen LogP) is 3.65. The largest absolute Gasteiger partial charge is 0.481 e. The molecule has 2 aromatic carbocycles. The summed E-state index contributed by atoms with van der Waals surface area (Å²) in [5.74, 6) is -1.12. The molecule has 2 atom stereocenters. The van der Waals surface area contributed by atoms with E-state index in [1.165, 1.54) is 5.19 Å². The van der Waals surface area contributed by atoms with Gasteiger partial charge in [-0.3, -0.25) is 4.79 Å². The van der Waals surface area contributed by atoms with Gasteiger partial charge in [0.05, 0.1) is 14.0 Å². The van der Waals surface area contributed by atoms with E-state index in [-0.39, 0.29) is 5.54 Å². The van der Waals surface area contributed by atoms with Gasteiger partial charge in [-0.1, -0.05) is 85.9 Å². The maximum Gasteiger partial charge on any atom is 0.306 e. The molecule has 0 aliphatic rings. The molecule has 0 aromatic heterocycles. The maximum atomic E-state index is 11.6. The first-order valence-electron chi connectivity index (χ1n) is 7.28. The molecule has 0 amide bonds. The van der Waals surface area contributed by atoms with Crippen molar-refractivity contribution < 1.29 is 9.90 Å². The minimum absolute atomic E-state index is 0.0543. The van der Waals surface area contributed by atoms with E-state index in [0.29, 0.717) is 0 Å². The van der Waals surface area contributed by atoms with Crippen LogP contribution in [0.5, 0.6) is 0 Å². The number of hydrogen-bond acceptors (Lipinski definition) is 1. The first-order valence-corrected chi connectivity index (χ1v) is 10.4. The van der Waals surface area contributed by atoms with E-state index in [2.05, 4.69) is 37.4 Å². The van der Waals surface area contributed by atoms with Crippen LogP contribution in [-0.4, -0.2) is 19.1 Å². The Labute approximate surface area is 127 Å². The van der Waals surface area contributed by atoms with Crippen molar-refractivity contribution in [2.45, 2.75) is 25.6 Å². The van der Waals surface area contributed by atoms with Gasteiger partial charge in [0.1, 0.15) is 0 Å². The Morgan fingerprint density at radius 3 is 1.90 bits per heavy atom. The average Bonchev–Trinajstić information content (AvgIpc) is 2.49. The van der Waals surface area contributed by atoms with Crippen LogP contribution in [0, 0.1) is 5.92 Å². The van der Waals surface area contributed by atoms with Crippen LogP contribution in [-0.2, 0) is 4.79 Å². The topological polar surface area (TPSA) is 37.3 Å². The number of carbonyl (C=O) groups is 1. The van der Waals surface area contributed by atoms with Gasteiger partial charge in [-0.05, 0) is 11.1 Å². The Hall–Kier alpha value is -1.87. The highest BCUT2D eigenvalue weighted by Gasteiger charge is 2.40. The summed E-state index contributed by atoms with van der Waals surface area (Å²) in [6.07, 6.45) is 0. The third-order valence-corrected chi connectivity index (χ3v) is 8.55. The molecule has 0 spiro atoms. The molecule has 0 fully saturated rings. The van der Waals surface area contributed by atoms with Crippen LogP contribution in [0.3, 0.4) is 0 Å². The minimum atomic E-state index is -1.96. The van der Waals surface area contributed by atoms with Gasteiger partial charge < -0.3 is 5.11 Å². The molecule has 110 valence electrons. The van der Waals surface area contributed by atoms with Crippen molar-refractivity contribution in [2.24, 2.45) is 5.92 Å². The van der Waals surface area contributed by atoms with Crippen LogP contribution in [0.2, 0.25) is 13.1 Å². The average molecular weight is 298 g/mol. The first-order chi connectivity index (χ1) is 9.94. The Morgan fingerprint density at radius 2 is 1.43 bits per heavy atom. The van der Waals surface area contributed by atoms with Crippen molar-refractivity contribution in [1.29, 1.82) is 0 Å². The molecule has 0 aliphatic carbocycles. The van der Waals surface area contributed by atoms with Gasteiger partial charge in [0.2, 0.25) is 0 Å². The monoisotopic (exact) mass is 298 g/mol. The lowest BCUT2D eigenvalue weighted by Crippen LogP contribution is -2.51. The molecular formula is C18H22O2Si. The van der Waals surface area contributed by atoms with Crippen LogP contribution < -0.4 is 5.19 Å². The quantitative estimate of drug-likeness (QED) is 0.856. The van der Waals surface area contributed by atoms with Gasteiger partial charge in [0.15, 0.2) is 0 Å². The second kappa shape index (κ2) is 6.27. The van der Waals surface area contributed by atoms with E-state index in [1.807, 2.05) is 43.3 Å². The van der Waals surface area contributed by atoms with Gasteiger partial charge in [-0.15, -0.1) is 0 Å². The zero-order valence-corrected chi connectivity index (χ0v) is 13.8. The molecule has 0 unspecified atom stereocenters. The van der Waals surface area contributed by atoms with Crippen LogP contribution in [0.25, 0.3) is 0 Å². The standard InChI is InChI=1S/C18H22O2Si/c1-14(18(19)20)17(15-10-6-4-7-11-15)21(2,3)16-12-8-5-9-13-16/h4-14,17H,1-3H3,(H,19,20)/t14-,17+/m1/s1. The van der Waals surface area contributed by atoms with Gasteiger partial charge in [-0.25, -0.2) is 0 Å². The lowest BCUT2D eigenvalue weighted by Gasteiger charge is -2.36. The van der Waals surface area contributed by atoms with E-state index in [4.69, 9.17) is 0 Å². The number of aliphatic carboxylic acids is 1. The summed E-state index contributed by atoms with van der Waals surface area (Å²) in [7, 11) is -1.96.